The largest absolute Gasteiger partial charge is 0.480 e. The molecule has 0 aliphatic carbocycles. The van der Waals surface area contributed by atoms with Gasteiger partial charge in [0.15, 0.2) is 0 Å². The van der Waals surface area contributed by atoms with E-state index in [4.69, 9.17) is 0 Å². The molecule has 1 unspecified atom stereocenters. The van der Waals surface area contributed by atoms with Crippen LogP contribution in [0.1, 0.15) is 53.9 Å². The number of amides is 2. The molecular formula is C16H30N2O3. The highest BCUT2D eigenvalue weighted by molar-refractivity contribution is 5.86. The van der Waals surface area contributed by atoms with Crippen molar-refractivity contribution in [2.45, 2.75) is 59.4 Å². The Hall–Kier alpha value is -1.26. The van der Waals surface area contributed by atoms with Crippen LogP contribution in [-0.2, 0) is 4.79 Å². The fraction of sp³-hybridized carbons (Fsp3) is 0.875. The lowest BCUT2D eigenvalue weighted by molar-refractivity contribution is -0.150. The maximum Gasteiger partial charge on any atom is 0.329 e. The summed E-state index contributed by atoms with van der Waals surface area (Å²) < 4.78 is 0. The lowest BCUT2D eigenvalue weighted by atomic mass is 9.85. The molecule has 122 valence electrons. The van der Waals surface area contributed by atoms with Gasteiger partial charge in [-0.05, 0) is 43.9 Å². The molecule has 1 heterocycles. The molecule has 21 heavy (non-hydrogen) atoms. The van der Waals surface area contributed by atoms with Crippen molar-refractivity contribution in [3.63, 3.8) is 0 Å². The molecular weight excluding hydrogens is 268 g/mol. The Balaban J connectivity index is 2.71. The van der Waals surface area contributed by atoms with Gasteiger partial charge in [-0.3, -0.25) is 0 Å². The molecule has 2 N–H and O–H groups in total. The Kier molecular flexibility index (Phi) is 6.05. The van der Waals surface area contributed by atoms with E-state index in [0.717, 1.165) is 12.8 Å². The molecule has 0 aromatic carbocycles. The Morgan fingerprint density at radius 2 is 1.76 bits per heavy atom. The monoisotopic (exact) mass is 298 g/mol. The zero-order valence-corrected chi connectivity index (χ0v) is 14.0. The van der Waals surface area contributed by atoms with Crippen LogP contribution in [0.4, 0.5) is 4.79 Å². The van der Waals surface area contributed by atoms with Gasteiger partial charge in [-0.2, -0.15) is 0 Å². The number of carbonyl (C=O) groups excluding carboxylic acids is 1. The summed E-state index contributed by atoms with van der Waals surface area (Å²) in [5.74, 6) is 0.450. The first-order valence-corrected chi connectivity index (χ1v) is 7.99. The molecule has 5 nitrogen and oxygen atoms in total. The van der Waals surface area contributed by atoms with Crippen molar-refractivity contribution in [1.29, 1.82) is 0 Å². The van der Waals surface area contributed by atoms with E-state index >= 15 is 0 Å². The molecule has 0 saturated carbocycles. The quantitative estimate of drug-likeness (QED) is 0.820. The van der Waals surface area contributed by atoms with Crippen LogP contribution in [0.15, 0.2) is 0 Å². The number of nitrogens with zero attached hydrogens (tertiary/aromatic N) is 1. The summed E-state index contributed by atoms with van der Waals surface area (Å²) >= 11 is 0. The van der Waals surface area contributed by atoms with Gasteiger partial charge in [-0.15, -0.1) is 0 Å². The van der Waals surface area contributed by atoms with Gasteiger partial charge >= 0.3 is 12.0 Å². The molecule has 0 spiro atoms. The third-order valence-electron chi connectivity index (χ3n) is 4.80. The molecule has 1 aliphatic heterocycles. The molecule has 1 aliphatic rings. The van der Waals surface area contributed by atoms with E-state index < -0.39 is 11.5 Å². The molecule has 0 radical (unpaired) electrons. The second-order valence-electron chi connectivity index (χ2n) is 7.03. The van der Waals surface area contributed by atoms with Crippen LogP contribution < -0.4 is 5.32 Å². The first-order chi connectivity index (χ1) is 9.70. The normalized spacial score (nSPS) is 23.0. The van der Waals surface area contributed by atoms with Crippen LogP contribution in [0.25, 0.3) is 0 Å². The number of hydrogen-bond donors (Lipinski definition) is 2. The summed E-state index contributed by atoms with van der Waals surface area (Å²) in [6, 6.07) is -0.245. The Morgan fingerprint density at radius 1 is 1.19 bits per heavy atom. The van der Waals surface area contributed by atoms with Crippen molar-refractivity contribution in [2.24, 2.45) is 17.8 Å². The van der Waals surface area contributed by atoms with Crippen LogP contribution in [0.3, 0.4) is 0 Å². The number of carbonyl (C=O) groups is 2. The molecule has 5 heteroatoms. The van der Waals surface area contributed by atoms with E-state index in [9.17, 15) is 14.7 Å². The molecule has 1 atom stereocenters. The summed E-state index contributed by atoms with van der Waals surface area (Å²) in [7, 11) is 0. The van der Waals surface area contributed by atoms with Crippen molar-refractivity contribution in [1.82, 2.24) is 10.2 Å². The van der Waals surface area contributed by atoms with E-state index in [1.165, 1.54) is 4.90 Å². The molecule has 0 bridgehead atoms. The molecule has 1 saturated heterocycles. The number of piperidine rings is 1. The average molecular weight is 298 g/mol. The molecule has 0 aromatic heterocycles. The zero-order chi connectivity index (χ0) is 16.2. The Bertz CT molecular complexity index is 374. The highest BCUT2D eigenvalue weighted by atomic mass is 16.4. The standard InChI is InChI=1S/C16H30N2O3/c1-11(2)13(12(3)4)10-17-15(21)18-9-7-6-8-16(18,5)14(19)20/h11-13H,6-10H2,1-5H3,(H,17,21)(H,19,20). The third-order valence-corrected chi connectivity index (χ3v) is 4.80. The average Bonchev–Trinajstić information content (AvgIpc) is 2.38. The van der Waals surface area contributed by atoms with Crippen LogP contribution >= 0.6 is 0 Å². The molecule has 2 amide bonds. The number of hydrogen-bond acceptors (Lipinski definition) is 2. The lowest BCUT2D eigenvalue weighted by Crippen LogP contribution is -2.60. The number of carboxylic acid groups (broad SMARTS) is 1. The SMILES string of the molecule is CC(C)C(CNC(=O)N1CCCCC1(C)C(=O)O)C(C)C. The highest BCUT2D eigenvalue weighted by Crippen LogP contribution is 2.28. The summed E-state index contributed by atoms with van der Waals surface area (Å²) in [5.41, 5.74) is -1.08. The van der Waals surface area contributed by atoms with Gasteiger partial charge in [0, 0.05) is 13.1 Å². The van der Waals surface area contributed by atoms with Crippen molar-refractivity contribution in [2.75, 3.05) is 13.1 Å². The van der Waals surface area contributed by atoms with Gasteiger partial charge in [-0.1, -0.05) is 27.7 Å². The first-order valence-electron chi connectivity index (χ1n) is 7.99. The zero-order valence-electron chi connectivity index (χ0n) is 14.0. The highest BCUT2D eigenvalue weighted by Gasteiger charge is 2.44. The van der Waals surface area contributed by atoms with Crippen molar-refractivity contribution < 1.29 is 14.7 Å². The summed E-state index contributed by atoms with van der Waals surface area (Å²) in [6.07, 6.45) is 2.24. The minimum Gasteiger partial charge on any atom is -0.480 e. The maximum atomic E-state index is 12.4. The van der Waals surface area contributed by atoms with Crippen molar-refractivity contribution in [3.05, 3.63) is 0 Å². The van der Waals surface area contributed by atoms with Gasteiger partial charge < -0.3 is 15.3 Å². The maximum absolute atomic E-state index is 12.4. The number of likely N-dealkylation sites (tertiary alicyclic amines) is 1. The third kappa shape index (κ3) is 4.11. The second kappa shape index (κ2) is 7.14. The topological polar surface area (TPSA) is 69.6 Å². The van der Waals surface area contributed by atoms with Crippen molar-refractivity contribution in [3.8, 4) is 0 Å². The number of aliphatic carboxylic acids is 1. The van der Waals surface area contributed by atoms with Gasteiger partial charge in [0.2, 0.25) is 0 Å². The minimum atomic E-state index is -1.08. The van der Waals surface area contributed by atoms with E-state index in [1.807, 2.05) is 0 Å². The van der Waals surface area contributed by atoms with Crippen molar-refractivity contribution >= 4 is 12.0 Å². The predicted molar refractivity (Wildman–Crippen MR) is 83.2 cm³/mol. The minimum absolute atomic E-state index is 0.245. The van der Waals surface area contributed by atoms with Crippen LogP contribution in [0.2, 0.25) is 0 Å². The van der Waals surface area contributed by atoms with Gasteiger partial charge in [0.25, 0.3) is 0 Å². The molecule has 1 fully saturated rings. The lowest BCUT2D eigenvalue weighted by Gasteiger charge is -2.41. The predicted octanol–water partition coefficient (Wildman–Crippen LogP) is 2.95. The molecule has 0 aromatic rings. The van der Waals surface area contributed by atoms with E-state index in [1.54, 1.807) is 6.92 Å². The Morgan fingerprint density at radius 3 is 2.24 bits per heavy atom. The fourth-order valence-electron chi connectivity index (χ4n) is 3.21. The van der Waals surface area contributed by atoms with Gasteiger partial charge in [0.1, 0.15) is 5.54 Å². The number of urea groups is 1. The number of rotatable bonds is 5. The van der Waals surface area contributed by atoms with Gasteiger partial charge in [0.05, 0.1) is 0 Å². The fourth-order valence-corrected chi connectivity index (χ4v) is 3.21. The number of carboxylic acids is 1. The van der Waals surface area contributed by atoms with Crippen LogP contribution in [0, 0.1) is 17.8 Å². The van der Waals surface area contributed by atoms with E-state index in [0.29, 0.717) is 37.3 Å². The van der Waals surface area contributed by atoms with Gasteiger partial charge in [-0.25, -0.2) is 9.59 Å². The van der Waals surface area contributed by atoms with Crippen LogP contribution in [0.5, 0.6) is 0 Å². The Labute approximate surface area is 128 Å². The summed E-state index contributed by atoms with van der Waals surface area (Å²) in [6.45, 7) is 11.4. The molecule has 1 rings (SSSR count). The van der Waals surface area contributed by atoms with E-state index in [2.05, 4.69) is 33.0 Å². The van der Waals surface area contributed by atoms with Crippen LogP contribution in [-0.4, -0.2) is 40.6 Å². The smallest absolute Gasteiger partial charge is 0.329 e. The first kappa shape index (κ1) is 17.8. The summed E-state index contributed by atoms with van der Waals surface area (Å²) in [5, 5.41) is 12.4. The summed E-state index contributed by atoms with van der Waals surface area (Å²) in [4.78, 5) is 25.4. The number of nitrogens with one attached hydrogen (secondary N) is 1. The second-order valence-corrected chi connectivity index (χ2v) is 7.03. The van der Waals surface area contributed by atoms with E-state index in [-0.39, 0.29) is 6.03 Å².